The number of fused-ring (bicyclic) bond motifs is 1. The number of thioether (sulfide) groups is 1. The Morgan fingerprint density at radius 3 is 2.79 bits per heavy atom. The van der Waals surface area contributed by atoms with Gasteiger partial charge in [-0.1, -0.05) is 24.3 Å². The molecule has 0 saturated heterocycles. The Labute approximate surface area is 175 Å². The zero-order valence-corrected chi connectivity index (χ0v) is 17.6. The smallest absolute Gasteiger partial charge is 0.251 e. The Balaban J connectivity index is 1.54. The molecule has 0 saturated carbocycles. The third-order valence-electron chi connectivity index (χ3n) is 5.12. The van der Waals surface area contributed by atoms with Crippen LogP contribution in [0.1, 0.15) is 21.6 Å². The summed E-state index contributed by atoms with van der Waals surface area (Å²) < 4.78 is 2.13. The number of nitrogens with zero attached hydrogens (tertiary/aromatic N) is 2. The number of nitrogens with one attached hydrogen (secondary N) is 1. The van der Waals surface area contributed by atoms with Gasteiger partial charge in [0.15, 0.2) is 0 Å². The second kappa shape index (κ2) is 8.13. The van der Waals surface area contributed by atoms with Crippen LogP contribution in [0.15, 0.2) is 71.9 Å². The molecule has 146 valence electrons. The lowest BCUT2D eigenvalue weighted by Gasteiger charge is -2.09. The maximum absolute atomic E-state index is 12.6. The van der Waals surface area contributed by atoms with Crippen LogP contribution in [0.25, 0.3) is 22.0 Å². The minimum absolute atomic E-state index is 0.0855. The Morgan fingerprint density at radius 1 is 1.14 bits per heavy atom. The van der Waals surface area contributed by atoms with Crippen molar-refractivity contribution in [3.63, 3.8) is 0 Å². The average molecular weight is 402 g/mol. The van der Waals surface area contributed by atoms with E-state index in [0.29, 0.717) is 12.1 Å². The monoisotopic (exact) mass is 401 g/mol. The van der Waals surface area contributed by atoms with Gasteiger partial charge in [0.25, 0.3) is 5.91 Å². The van der Waals surface area contributed by atoms with Crippen LogP contribution in [0.2, 0.25) is 0 Å². The number of carbonyl (C=O) groups excluding carboxylic acids is 1. The van der Waals surface area contributed by atoms with Crippen LogP contribution >= 0.6 is 11.8 Å². The first-order valence-corrected chi connectivity index (χ1v) is 10.7. The van der Waals surface area contributed by atoms with Crippen molar-refractivity contribution in [2.24, 2.45) is 7.05 Å². The summed E-state index contributed by atoms with van der Waals surface area (Å²) in [6, 6.07) is 18.2. The molecular weight excluding hydrogens is 378 g/mol. The summed E-state index contributed by atoms with van der Waals surface area (Å²) in [4.78, 5) is 18.1. The standard InChI is InChI=1S/C24H23N3OS/c1-16-8-9-18(13-23(16)29-3)24(28)26-14-19-12-17(10-11-25-19)21-15-27(2)22-7-5-4-6-20(21)22/h4-13,15H,14H2,1-3H3,(H,26,28). The predicted octanol–water partition coefficient (Wildman–Crippen LogP) is 5.20. The quantitative estimate of drug-likeness (QED) is 0.468. The number of hydrogen-bond acceptors (Lipinski definition) is 3. The first-order chi connectivity index (χ1) is 14.1. The number of pyridine rings is 1. The maximum atomic E-state index is 12.6. The second-order valence-corrected chi connectivity index (χ2v) is 7.92. The van der Waals surface area contributed by atoms with Gasteiger partial charge in [0.1, 0.15) is 0 Å². The third kappa shape index (κ3) is 3.91. The lowest BCUT2D eigenvalue weighted by Crippen LogP contribution is -2.23. The molecular formula is C24H23N3OS. The lowest BCUT2D eigenvalue weighted by atomic mass is 10.1. The van der Waals surface area contributed by atoms with Crippen molar-refractivity contribution < 1.29 is 4.79 Å². The maximum Gasteiger partial charge on any atom is 0.251 e. The highest BCUT2D eigenvalue weighted by molar-refractivity contribution is 7.98. The Bertz CT molecular complexity index is 1200. The molecule has 29 heavy (non-hydrogen) atoms. The minimum atomic E-state index is -0.0855. The first-order valence-electron chi connectivity index (χ1n) is 9.49. The zero-order chi connectivity index (χ0) is 20.4. The van der Waals surface area contributed by atoms with Crippen LogP contribution < -0.4 is 5.32 Å². The number of amides is 1. The van der Waals surface area contributed by atoms with Crippen molar-refractivity contribution in [3.05, 3.63) is 83.8 Å². The molecule has 0 aliphatic carbocycles. The van der Waals surface area contributed by atoms with E-state index < -0.39 is 0 Å². The molecule has 0 fully saturated rings. The number of aromatic nitrogens is 2. The van der Waals surface area contributed by atoms with Crippen LogP contribution in [0.5, 0.6) is 0 Å². The van der Waals surface area contributed by atoms with Gasteiger partial charge in [0, 0.05) is 46.4 Å². The molecule has 2 heterocycles. The molecule has 1 N–H and O–H groups in total. The predicted molar refractivity (Wildman–Crippen MR) is 120 cm³/mol. The van der Waals surface area contributed by atoms with Gasteiger partial charge < -0.3 is 9.88 Å². The van der Waals surface area contributed by atoms with Gasteiger partial charge in [-0.2, -0.15) is 0 Å². The van der Waals surface area contributed by atoms with Crippen molar-refractivity contribution in [2.75, 3.05) is 6.26 Å². The summed E-state index contributed by atoms with van der Waals surface area (Å²) in [6.45, 7) is 2.44. The summed E-state index contributed by atoms with van der Waals surface area (Å²) in [5.74, 6) is -0.0855. The van der Waals surface area contributed by atoms with Crippen LogP contribution in [-0.2, 0) is 13.6 Å². The summed E-state index contributed by atoms with van der Waals surface area (Å²) in [5, 5.41) is 4.20. The van der Waals surface area contributed by atoms with Crippen LogP contribution in [0.3, 0.4) is 0 Å². The van der Waals surface area contributed by atoms with Crippen molar-refractivity contribution in [3.8, 4) is 11.1 Å². The Morgan fingerprint density at radius 2 is 1.97 bits per heavy atom. The van der Waals surface area contributed by atoms with Gasteiger partial charge >= 0.3 is 0 Å². The highest BCUT2D eigenvalue weighted by atomic mass is 32.2. The van der Waals surface area contributed by atoms with E-state index in [2.05, 4.69) is 53.2 Å². The number of rotatable bonds is 5. The molecule has 4 nitrogen and oxygen atoms in total. The normalized spacial score (nSPS) is 11.0. The minimum Gasteiger partial charge on any atom is -0.350 e. The van der Waals surface area contributed by atoms with Gasteiger partial charge in [0.05, 0.1) is 12.2 Å². The molecule has 2 aromatic carbocycles. The summed E-state index contributed by atoms with van der Waals surface area (Å²) in [6.07, 6.45) is 5.96. The van der Waals surface area contributed by atoms with E-state index in [9.17, 15) is 4.79 Å². The molecule has 0 atom stereocenters. The summed E-state index contributed by atoms with van der Waals surface area (Å²) in [7, 11) is 2.05. The van der Waals surface area contributed by atoms with Crippen molar-refractivity contribution in [2.45, 2.75) is 18.4 Å². The van der Waals surface area contributed by atoms with E-state index in [4.69, 9.17) is 0 Å². The fourth-order valence-corrected chi connectivity index (χ4v) is 4.18. The molecule has 0 radical (unpaired) electrons. The Hall–Kier alpha value is -3.05. The summed E-state index contributed by atoms with van der Waals surface area (Å²) >= 11 is 1.65. The van der Waals surface area contributed by atoms with E-state index >= 15 is 0 Å². The molecule has 4 aromatic rings. The van der Waals surface area contributed by atoms with Crippen molar-refractivity contribution >= 4 is 28.6 Å². The van der Waals surface area contributed by atoms with E-state index in [-0.39, 0.29) is 5.91 Å². The largest absolute Gasteiger partial charge is 0.350 e. The molecule has 2 aromatic heterocycles. The number of hydrogen-bond donors (Lipinski definition) is 1. The van der Waals surface area contributed by atoms with E-state index in [0.717, 1.165) is 16.2 Å². The fraction of sp³-hybridized carbons (Fsp3) is 0.167. The highest BCUT2D eigenvalue weighted by Gasteiger charge is 2.11. The Kier molecular flexibility index (Phi) is 5.41. The van der Waals surface area contributed by atoms with Gasteiger partial charge in [-0.3, -0.25) is 9.78 Å². The highest BCUT2D eigenvalue weighted by Crippen LogP contribution is 2.30. The number of aryl methyl sites for hydroxylation is 2. The lowest BCUT2D eigenvalue weighted by molar-refractivity contribution is 0.0950. The van der Waals surface area contributed by atoms with Gasteiger partial charge in [-0.25, -0.2) is 0 Å². The van der Waals surface area contributed by atoms with E-state index in [1.165, 1.54) is 22.0 Å². The molecule has 0 spiro atoms. The van der Waals surface area contributed by atoms with Crippen molar-refractivity contribution in [1.29, 1.82) is 0 Å². The van der Waals surface area contributed by atoms with E-state index in [1.807, 2.05) is 42.7 Å². The molecule has 0 aliphatic rings. The molecule has 0 unspecified atom stereocenters. The molecule has 1 amide bonds. The molecule has 5 heteroatoms. The number of benzene rings is 2. The van der Waals surface area contributed by atoms with E-state index in [1.54, 1.807) is 18.0 Å². The molecule has 4 rings (SSSR count). The third-order valence-corrected chi connectivity index (χ3v) is 6.00. The SMILES string of the molecule is CSc1cc(C(=O)NCc2cc(-c3cn(C)c4ccccc34)ccn2)ccc1C. The molecule has 0 bridgehead atoms. The van der Waals surface area contributed by atoms with Gasteiger partial charge in [-0.05, 0) is 54.6 Å². The first kappa shape index (κ1) is 19.3. The fourth-order valence-electron chi connectivity index (χ4n) is 3.55. The second-order valence-electron chi connectivity index (χ2n) is 7.07. The zero-order valence-electron chi connectivity index (χ0n) is 16.8. The topological polar surface area (TPSA) is 46.9 Å². The average Bonchev–Trinajstić information content (AvgIpc) is 3.09. The number of para-hydroxylation sites is 1. The van der Waals surface area contributed by atoms with Gasteiger partial charge in [-0.15, -0.1) is 11.8 Å². The number of carbonyl (C=O) groups is 1. The van der Waals surface area contributed by atoms with Crippen molar-refractivity contribution in [1.82, 2.24) is 14.9 Å². The van der Waals surface area contributed by atoms with Crippen LogP contribution in [0, 0.1) is 6.92 Å². The van der Waals surface area contributed by atoms with Crippen LogP contribution in [-0.4, -0.2) is 21.7 Å². The van der Waals surface area contributed by atoms with Gasteiger partial charge in [0.2, 0.25) is 0 Å². The summed E-state index contributed by atoms with van der Waals surface area (Å²) in [5.41, 5.74) is 6.14. The van der Waals surface area contributed by atoms with Crippen LogP contribution in [0.4, 0.5) is 0 Å². The molecule has 0 aliphatic heterocycles.